The number of ketones is 1. The van der Waals surface area contributed by atoms with E-state index in [1.165, 1.54) is 4.91 Å². The van der Waals surface area contributed by atoms with Gasteiger partial charge in [0.2, 0.25) is 5.78 Å². The van der Waals surface area contributed by atoms with Gasteiger partial charge in [-0.3, -0.25) is 4.79 Å². The van der Waals surface area contributed by atoms with Gasteiger partial charge in [-0.15, -0.1) is 0 Å². The van der Waals surface area contributed by atoms with Gasteiger partial charge < -0.3 is 4.84 Å². The topological polar surface area (TPSA) is 55.7 Å². The first kappa shape index (κ1) is 23.7. The zero-order chi connectivity index (χ0) is 22.6. The Kier molecular flexibility index (Phi) is 9.51. The van der Waals surface area contributed by atoms with Crippen molar-refractivity contribution < 1.29 is 14.4 Å². The molecule has 5 heteroatoms. The summed E-state index contributed by atoms with van der Waals surface area (Å²) in [5, 5.41) is 3.98. The fourth-order valence-corrected chi connectivity index (χ4v) is 4.20. The van der Waals surface area contributed by atoms with Gasteiger partial charge in [0.15, 0.2) is 0 Å². The van der Waals surface area contributed by atoms with Crippen molar-refractivity contribution in [2.24, 2.45) is 5.16 Å². The fourth-order valence-electron chi connectivity index (χ4n) is 3.29. The minimum Gasteiger partial charge on any atom is -0.312 e. The number of benzene rings is 2. The molecule has 0 unspecified atom stereocenters. The van der Waals surface area contributed by atoms with Crippen molar-refractivity contribution in [1.82, 2.24) is 0 Å². The molecule has 32 heavy (non-hydrogen) atoms. The lowest BCUT2D eigenvalue weighted by Gasteiger charge is -2.08. The van der Waals surface area contributed by atoms with E-state index < -0.39 is 5.97 Å². The van der Waals surface area contributed by atoms with Crippen LogP contribution in [0.3, 0.4) is 0 Å². The average molecular weight is 448 g/mol. The Morgan fingerprint density at radius 3 is 2.41 bits per heavy atom. The summed E-state index contributed by atoms with van der Waals surface area (Å²) < 4.78 is 0. The molecule has 0 radical (unpaired) electrons. The number of hydrogen-bond acceptors (Lipinski definition) is 5. The van der Waals surface area contributed by atoms with Crippen molar-refractivity contribution in [3.8, 4) is 0 Å². The first-order valence-electron chi connectivity index (χ1n) is 11.2. The van der Waals surface area contributed by atoms with E-state index in [9.17, 15) is 9.59 Å². The van der Waals surface area contributed by atoms with E-state index in [0.29, 0.717) is 17.5 Å². The number of carbonyl (C=O) groups is 2. The monoisotopic (exact) mass is 447 g/mol. The zero-order valence-electron chi connectivity index (χ0n) is 18.5. The number of thioether (sulfide) groups is 1. The Morgan fingerprint density at radius 2 is 1.72 bits per heavy atom. The van der Waals surface area contributed by atoms with Gasteiger partial charge in [0.1, 0.15) is 5.71 Å². The van der Waals surface area contributed by atoms with Crippen LogP contribution in [0.5, 0.6) is 0 Å². The Hall–Kier alpha value is -2.92. The number of oxime groups is 1. The fraction of sp³-hybridized carbons (Fsp3) is 0.296. The van der Waals surface area contributed by atoms with Crippen LogP contribution >= 0.6 is 11.8 Å². The number of carbonyl (C=O) groups excluding carboxylic acids is 2. The number of hydrogen-bond donors (Lipinski definition) is 0. The number of allylic oxidation sites excluding steroid dienone is 3. The van der Waals surface area contributed by atoms with Crippen LogP contribution in [-0.2, 0) is 4.84 Å². The Morgan fingerprint density at radius 1 is 0.938 bits per heavy atom. The van der Waals surface area contributed by atoms with E-state index in [2.05, 4.69) is 30.3 Å². The minimum atomic E-state index is -0.565. The third-order valence-electron chi connectivity index (χ3n) is 5.09. The van der Waals surface area contributed by atoms with E-state index in [-0.39, 0.29) is 11.5 Å². The van der Waals surface area contributed by atoms with Crippen LogP contribution < -0.4 is 0 Å². The van der Waals surface area contributed by atoms with Gasteiger partial charge in [0, 0.05) is 15.4 Å². The average Bonchev–Trinajstić information content (AvgIpc) is 2.84. The maximum atomic E-state index is 13.1. The molecule has 0 aliphatic heterocycles. The molecule has 0 N–H and O–H groups in total. The number of nitrogens with zero attached hydrogens (tertiary/aromatic N) is 1. The summed E-state index contributed by atoms with van der Waals surface area (Å²) in [5.41, 5.74) is 1.23. The first-order valence-corrected chi connectivity index (χ1v) is 12.0. The van der Waals surface area contributed by atoms with Crippen LogP contribution in [0, 0.1) is 0 Å². The van der Waals surface area contributed by atoms with Gasteiger partial charge in [-0.25, -0.2) is 4.79 Å². The highest BCUT2D eigenvalue weighted by molar-refractivity contribution is 8.03. The highest BCUT2D eigenvalue weighted by Crippen LogP contribution is 2.30. The predicted molar refractivity (Wildman–Crippen MR) is 131 cm³/mol. The zero-order valence-corrected chi connectivity index (χ0v) is 19.3. The second kappa shape index (κ2) is 12.8. The van der Waals surface area contributed by atoms with Crippen LogP contribution in [0.2, 0.25) is 0 Å². The van der Waals surface area contributed by atoms with E-state index >= 15 is 0 Å². The maximum Gasteiger partial charge on any atom is 0.365 e. The molecule has 2 aromatic carbocycles. The second-order valence-electron chi connectivity index (χ2n) is 7.64. The molecule has 1 aliphatic rings. The first-order chi connectivity index (χ1) is 15.7. The minimum absolute atomic E-state index is 0.198. The Balaban J connectivity index is 1.69. The summed E-state index contributed by atoms with van der Waals surface area (Å²) in [7, 11) is 0. The highest BCUT2D eigenvalue weighted by Gasteiger charge is 2.17. The summed E-state index contributed by atoms with van der Waals surface area (Å²) in [4.78, 5) is 32.8. The molecule has 0 aromatic heterocycles. The van der Waals surface area contributed by atoms with Gasteiger partial charge in [0.05, 0.1) is 5.56 Å². The molecule has 2 aromatic rings. The smallest absolute Gasteiger partial charge is 0.312 e. The van der Waals surface area contributed by atoms with E-state index in [1.54, 1.807) is 36.0 Å². The molecule has 166 valence electrons. The van der Waals surface area contributed by atoms with Gasteiger partial charge in [0.25, 0.3) is 0 Å². The van der Waals surface area contributed by atoms with Crippen molar-refractivity contribution in [3.63, 3.8) is 0 Å². The molecule has 0 spiro atoms. The van der Waals surface area contributed by atoms with Crippen molar-refractivity contribution in [2.75, 3.05) is 0 Å². The Labute approximate surface area is 194 Å². The molecule has 0 fully saturated rings. The maximum absolute atomic E-state index is 13.1. The summed E-state index contributed by atoms with van der Waals surface area (Å²) in [6.07, 6.45) is 13.2. The molecule has 0 saturated carbocycles. The molecular weight excluding hydrogens is 418 g/mol. The quantitative estimate of drug-likeness (QED) is 0.119. The molecule has 0 bridgehead atoms. The van der Waals surface area contributed by atoms with Gasteiger partial charge in [-0.05, 0) is 62.1 Å². The van der Waals surface area contributed by atoms with Crippen LogP contribution in [0.1, 0.15) is 72.6 Å². The van der Waals surface area contributed by atoms with Crippen molar-refractivity contribution in [3.05, 3.63) is 88.9 Å². The summed E-state index contributed by atoms with van der Waals surface area (Å²) >= 11 is 1.69. The number of unbranched alkanes of at least 4 members (excludes halogenated alkanes) is 3. The van der Waals surface area contributed by atoms with Gasteiger partial charge in [-0.2, -0.15) is 0 Å². The molecular formula is C27H29NO3S. The van der Waals surface area contributed by atoms with Crippen molar-refractivity contribution in [2.45, 2.75) is 56.8 Å². The summed E-state index contributed by atoms with van der Waals surface area (Å²) in [5.74, 6) is -0.763. The SMILES string of the molecule is CCCCCC/C(=N/OC(=O)c1ccccc1)C(=O)c1ccc(SC2=CCCC=C2)cc1. The molecule has 0 heterocycles. The third-order valence-corrected chi connectivity index (χ3v) is 6.14. The van der Waals surface area contributed by atoms with Gasteiger partial charge in [-0.1, -0.05) is 79.5 Å². The second-order valence-corrected chi connectivity index (χ2v) is 8.78. The highest BCUT2D eigenvalue weighted by atomic mass is 32.2. The van der Waals surface area contributed by atoms with Gasteiger partial charge >= 0.3 is 5.97 Å². The van der Waals surface area contributed by atoms with Crippen LogP contribution in [0.25, 0.3) is 0 Å². The predicted octanol–water partition coefficient (Wildman–Crippen LogP) is 7.38. The van der Waals surface area contributed by atoms with E-state index in [0.717, 1.165) is 43.4 Å². The standard InChI is InChI=1S/C27H29NO3S/c1-2-3-4-11-16-25(28-31-27(30)22-12-7-5-8-13-22)26(29)21-17-19-24(20-18-21)32-23-14-9-6-10-15-23/h5,7-9,12-15,17-20H,2-4,6,10-11,16H2,1H3/b28-25-. The van der Waals surface area contributed by atoms with Crippen molar-refractivity contribution in [1.29, 1.82) is 0 Å². The Bertz CT molecular complexity index is 991. The molecule has 3 rings (SSSR count). The van der Waals surface area contributed by atoms with Crippen LogP contribution in [0.15, 0.2) is 87.8 Å². The molecule has 0 atom stereocenters. The summed E-state index contributed by atoms with van der Waals surface area (Å²) in [6, 6.07) is 16.2. The molecule has 0 saturated heterocycles. The lowest BCUT2D eigenvalue weighted by molar-refractivity contribution is 0.0514. The third kappa shape index (κ3) is 7.34. The normalized spacial score (nSPS) is 13.5. The van der Waals surface area contributed by atoms with Crippen molar-refractivity contribution >= 4 is 29.2 Å². The van der Waals surface area contributed by atoms with Crippen LogP contribution in [0.4, 0.5) is 0 Å². The van der Waals surface area contributed by atoms with E-state index in [4.69, 9.17) is 4.84 Å². The number of rotatable bonds is 11. The molecule has 4 nitrogen and oxygen atoms in total. The largest absolute Gasteiger partial charge is 0.365 e. The summed E-state index contributed by atoms with van der Waals surface area (Å²) in [6.45, 7) is 2.14. The van der Waals surface area contributed by atoms with E-state index in [1.807, 2.05) is 30.3 Å². The lowest BCUT2D eigenvalue weighted by atomic mass is 10.0. The lowest BCUT2D eigenvalue weighted by Crippen LogP contribution is -2.16. The van der Waals surface area contributed by atoms with Crippen LogP contribution in [-0.4, -0.2) is 17.5 Å². The number of Topliss-reactive ketones (excluding diaryl/α,β-unsaturated/α-hetero) is 1. The molecule has 0 amide bonds. The molecule has 1 aliphatic carbocycles.